The second kappa shape index (κ2) is 3.63. The maximum absolute atomic E-state index is 11.6. The third-order valence-electron chi connectivity index (χ3n) is 2.08. The quantitative estimate of drug-likeness (QED) is 0.592. The number of carbonyl (C=O) groups is 1. The van der Waals surface area contributed by atoms with Gasteiger partial charge in [-0.2, -0.15) is 5.10 Å². The van der Waals surface area contributed by atoms with Gasteiger partial charge in [-0.05, 0) is 0 Å². The normalized spacial score (nSPS) is 21.6. The van der Waals surface area contributed by atoms with Crippen LogP contribution in [0.2, 0.25) is 0 Å². The van der Waals surface area contributed by atoms with Crippen LogP contribution < -0.4 is 10.0 Å². The van der Waals surface area contributed by atoms with Gasteiger partial charge in [0.25, 0.3) is 0 Å². The Kier molecular flexibility index (Phi) is 2.45. The zero-order valence-electron chi connectivity index (χ0n) is 7.73. The number of aromatic nitrogens is 2. The smallest absolute Gasteiger partial charge is 0.244 e. The summed E-state index contributed by atoms with van der Waals surface area (Å²) in [6.45, 7) is 0.329. The molecule has 1 aliphatic heterocycles. The molecule has 82 valence electrons. The molecule has 0 spiro atoms. The fourth-order valence-corrected chi connectivity index (χ4v) is 2.50. The predicted molar refractivity (Wildman–Crippen MR) is 50.3 cm³/mol. The number of nitrogens with one attached hydrogen (secondary N) is 3. The Morgan fingerprint density at radius 1 is 1.53 bits per heavy atom. The highest BCUT2D eigenvalue weighted by atomic mass is 32.2. The van der Waals surface area contributed by atoms with Gasteiger partial charge in [0.15, 0.2) is 0 Å². The molecule has 0 radical (unpaired) electrons. The molecule has 8 heteroatoms. The van der Waals surface area contributed by atoms with Crippen molar-refractivity contribution >= 4 is 15.9 Å². The minimum absolute atomic E-state index is 0.0712. The summed E-state index contributed by atoms with van der Waals surface area (Å²) < 4.78 is 25.7. The zero-order chi connectivity index (χ0) is 10.9. The van der Waals surface area contributed by atoms with Crippen LogP contribution >= 0.6 is 0 Å². The van der Waals surface area contributed by atoms with Gasteiger partial charge in [0, 0.05) is 25.2 Å². The number of carbonyl (C=O) groups excluding carboxylic acids is 1. The number of hydrogen-bond acceptors (Lipinski definition) is 4. The molecule has 1 aromatic rings. The highest BCUT2D eigenvalue weighted by Gasteiger charge is 2.27. The molecule has 0 aliphatic carbocycles. The van der Waals surface area contributed by atoms with Crippen molar-refractivity contribution in [2.24, 2.45) is 0 Å². The molecule has 2 heterocycles. The first kappa shape index (κ1) is 10.1. The number of aromatic amines is 1. The first-order chi connectivity index (χ1) is 7.08. The number of rotatable bonds is 3. The summed E-state index contributed by atoms with van der Waals surface area (Å²) in [5.74, 6) is -0.144. The van der Waals surface area contributed by atoms with Crippen molar-refractivity contribution in [3.8, 4) is 0 Å². The lowest BCUT2D eigenvalue weighted by Gasteiger charge is -2.08. The summed E-state index contributed by atoms with van der Waals surface area (Å²) in [4.78, 5) is 10.9. The van der Waals surface area contributed by atoms with Crippen LogP contribution in [0.5, 0.6) is 0 Å². The number of amides is 1. The van der Waals surface area contributed by atoms with Crippen LogP contribution in [0, 0.1) is 0 Å². The maximum Gasteiger partial charge on any atom is 0.244 e. The molecule has 7 nitrogen and oxygen atoms in total. The second-order valence-corrected chi connectivity index (χ2v) is 4.97. The number of hydrogen-bond donors (Lipinski definition) is 3. The summed E-state index contributed by atoms with van der Waals surface area (Å²) >= 11 is 0. The van der Waals surface area contributed by atoms with E-state index in [1.165, 1.54) is 12.4 Å². The molecule has 1 fully saturated rings. The molecule has 0 bridgehead atoms. The predicted octanol–water partition coefficient (Wildman–Crippen LogP) is -1.42. The molecule has 1 aromatic heterocycles. The Bertz CT molecular complexity index is 453. The summed E-state index contributed by atoms with van der Waals surface area (Å²) in [6, 6.07) is -0.377. The van der Waals surface area contributed by atoms with Crippen molar-refractivity contribution in [2.75, 3.05) is 6.54 Å². The summed E-state index contributed by atoms with van der Waals surface area (Å²) in [5.41, 5.74) is 0. The fraction of sp³-hybridized carbons (Fsp3) is 0.429. The van der Waals surface area contributed by atoms with E-state index in [1.54, 1.807) is 0 Å². The van der Waals surface area contributed by atoms with Crippen LogP contribution in [0.25, 0.3) is 0 Å². The molecule has 1 amide bonds. The Balaban J connectivity index is 2.09. The Morgan fingerprint density at radius 2 is 2.33 bits per heavy atom. The van der Waals surface area contributed by atoms with Gasteiger partial charge < -0.3 is 5.32 Å². The van der Waals surface area contributed by atoms with E-state index < -0.39 is 10.0 Å². The van der Waals surface area contributed by atoms with E-state index in [0.29, 0.717) is 6.54 Å². The molecule has 0 saturated carbocycles. The minimum atomic E-state index is -3.56. The monoisotopic (exact) mass is 230 g/mol. The van der Waals surface area contributed by atoms with Gasteiger partial charge in [-0.1, -0.05) is 0 Å². The first-order valence-corrected chi connectivity index (χ1v) is 5.84. The first-order valence-electron chi connectivity index (χ1n) is 4.36. The number of H-pyrrole nitrogens is 1. The summed E-state index contributed by atoms with van der Waals surface area (Å²) in [6.07, 6.45) is 2.68. The minimum Gasteiger partial charge on any atom is -0.354 e. The molecular formula is C7H10N4O3S. The second-order valence-electron chi connectivity index (χ2n) is 3.26. The molecule has 2 rings (SSSR count). The lowest BCUT2D eigenvalue weighted by atomic mass is 10.3. The third kappa shape index (κ3) is 2.16. The molecule has 1 aliphatic rings. The van der Waals surface area contributed by atoms with Crippen LogP contribution in [-0.2, 0) is 14.8 Å². The number of sulfonamides is 1. The van der Waals surface area contributed by atoms with Crippen molar-refractivity contribution in [1.29, 1.82) is 0 Å². The van der Waals surface area contributed by atoms with Gasteiger partial charge in [0.2, 0.25) is 15.9 Å². The van der Waals surface area contributed by atoms with Crippen molar-refractivity contribution in [3.05, 3.63) is 12.4 Å². The number of nitrogens with zero attached hydrogens (tertiary/aromatic N) is 1. The molecule has 3 N–H and O–H groups in total. The summed E-state index contributed by atoms with van der Waals surface area (Å²) in [7, 11) is -3.56. The Labute approximate surface area is 86.3 Å². The average molecular weight is 230 g/mol. The van der Waals surface area contributed by atoms with Gasteiger partial charge in [-0.25, -0.2) is 13.1 Å². The highest BCUT2D eigenvalue weighted by Crippen LogP contribution is 2.08. The molecule has 15 heavy (non-hydrogen) atoms. The van der Waals surface area contributed by atoms with Crippen LogP contribution in [0.4, 0.5) is 0 Å². The van der Waals surface area contributed by atoms with Crippen molar-refractivity contribution in [3.63, 3.8) is 0 Å². The van der Waals surface area contributed by atoms with E-state index in [4.69, 9.17) is 0 Å². The van der Waals surface area contributed by atoms with Crippen LogP contribution in [0.3, 0.4) is 0 Å². The van der Waals surface area contributed by atoms with E-state index >= 15 is 0 Å². The van der Waals surface area contributed by atoms with E-state index in [0.717, 1.165) is 0 Å². The van der Waals surface area contributed by atoms with E-state index in [2.05, 4.69) is 20.2 Å². The third-order valence-corrected chi connectivity index (χ3v) is 3.57. The standard InChI is InChI=1S/C7H10N4O3S/c12-7-1-5(2-8-7)11-15(13,14)6-3-9-10-4-6/h3-5,11H,1-2H2,(H,8,12)(H,9,10). The maximum atomic E-state index is 11.6. The largest absolute Gasteiger partial charge is 0.354 e. The molecular weight excluding hydrogens is 220 g/mol. The van der Waals surface area contributed by atoms with Crippen LogP contribution in [0.15, 0.2) is 17.3 Å². The SMILES string of the molecule is O=C1CC(NS(=O)(=O)c2cn[nH]c2)CN1. The van der Waals surface area contributed by atoms with Crippen LogP contribution in [0.1, 0.15) is 6.42 Å². The molecule has 1 unspecified atom stereocenters. The van der Waals surface area contributed by atoms with Gasteiger partial charge in [-0.3, -0.25) is 9.89 Å². The molecule has 1 atom stereocenters. The van der Waals surface area contributed by atoms with Crippen LogP contribution in [-0.4, -0.2) is 37.1 Å². The van der Waals surface area contributed by atoms with Crippen molar-refractivity contribution in [1.82, 2.24) is 20.2 Å². The lowest BCUT2D eigenvalue weighted by molar-refractivity contribution is -0.119. The van der Waals surface area contributed by atoms with Gasteiger partial charge in [0.05, 0.1) is 6.20 Å². The molecule has 1 saturated heterocycles. The lowest BCUT2D eigenvalue weighted by Crippen LogP contribution is -2.36. The fourth-order valence-electron chi connectivity index (χ4n) is 1.36. The zero-order valence-corrected chi connectivity index (χ0v) is 8.54. The Morgan fingerprint density at radius 3 is 2.87 bits per heavy atom. The van der Waals surface area contributed by atoms with Gasteiger partial charge >= 0.3 is 0 Å². The topological polar surface area (TPSA) is 104 Å². The van der Waals surface area contributed by atoms with Crippen molar-refractivity contribution in [2.45, 2.75) is 17.4 Å². The van der Waals surface area contributed by atoms with Gasteiger partial charge in [0.1, 0.15) is 4.90 Å². The summed E-state index contributed by atoms with van der Waals surface area (Å²) in [5, 5.41) is 8.52. The van der Waals surface area contributed by atoms with E-state index in [1.807, 2.05) is 0 Å². The van der Waals surface area contributed by atoms with E-state index in [-0.39, 0.29) is 23.3 Å². The Hall–Kier alpha value is -1.41. The molecule has 0 aromatic carbocycles. The highest BCUT2D eigenvalue weighted by molar-refractivity contribution is 7.89. The average Bonchev–Trinajstić information content (AvgIpc) is 2.75. The van der Waals surface area contributed by atoms with Crippen molar-refractivity contribution < 1.29 is 13.2 Å². The van der Waals surface area contributed by atoms with Gasteiger partial charge in [-0.15, -0.1) is 0 Å². The van der Waals surface area contributed by atoms with E-state index in [9.17, 15) is 13.2 Å².